The SMILES string of the molecule is O=C(NCCCN1CCCCC1CO)c1cnc2c(c1)N(Cc1ccccc1)C(=O)CN2. The highest BCUT2D eigenvalue weighted by molar-refractivity contribution is 6.04. The maximum Gasteiger partial charge on any atom is 0.252 e. The zero-order valence-electron chi connectivity index (χ0n) is 18.3. The first-order valence-electron chi connectivity index (χ1n) is 11.4. The topological polar surface area (TPSA) is 97.8 Å². The number of hydrogen-bond donors (Lipinski definition) is 3. The van der Waals surface area contributed by atoms with Crippen LogP contribution in [0.5, 0.6) is 0 Å². The summed E-state index contributed by atoms with van der Waals surface area (Å²) >= 11 is 0. The van der Waals surface area contributed by atoms with E-state index in [1.807, 2.05) is 30.3 Å². The van der Waals surface area contributed by atoms with Crippen molar-refractivity contribution in [2.45, 2.75) is 38.3 Å². The van der Waals surface area contributed by atoms with Crippen LogP contribution < -0.4 is 15.5 Å². The lowest BCUT2D eigenvalue weighted by Crippen LogP contribution is -2.43. The number of rotatable bonds is 8. The minimum Gasteiger partial charge on any atom is -0.395 e. The van der Waals surface area contributed by atoms with Gasteiger partial charge in [-0.05, 0) is 37.4 Å². The number of nitrogens with one attached hydrogen (secondary N) is 2. The number of piperidine rings is 1. The van der Waals surface area contributed by atoms with E-state index in [9.17, 15) is 14.7 Å². The lowest BCUT2D eigenvalue weighted by Gasteiger charge is -2.34. The van der Waals surface area contributed by atoms with E-state index in [4.69, 9.17) is 0 Å². The van der Waals surface area contributed by atoms with Gasteiger partial charge >= 0.3 is 0 Å². The molecule has 1 aromatic heterocycles. The zero-order valence-corrected chi connectivity index (χ0v) is 18.3. The van der Waals surface area contributed by atoms with Gasteiger partial charge < -0.3 is 20.6 Å². The molecule has 2 aliphatic rings. The number of pyridine rings is 1. The fourth-order valence-corrected chi connectivity index (χ4v) is 4.40. The maximum absolute atomic E-state index is 12.7. The van der Waals surface area contributed by atoms with Gasteiger partial charge in [-0.2, -0.15) is 0 Å². The highest BCUT2D eigenvalue weighted by Crippen LogP contribution is 2.29. The summed E-state index contributed by atoms with van der Waals surface area (Å²) in [7, 11) is 0. The van der Waals surface area contributed by atoms with Gasteiger partial charge in [0.25, 0.3) is 5.91 Å². The van der Waals surface area contributed by atoms with Crippen LogP contribution in [0.15, 0.2) is 42.6 Å². The van der Waals surface area contributed by atoms with Crippen molar-refractivity contribution in [1.82, 2.24) is 15.2 Å². The molecule has 2 aromatic rings. The minimum absolute atomic E-state index is 0.0549. The van der Waals surface area contributed by atoms with Crippen LogP contribution >= 0.6 is 0 Å². The number of aliphatic hydroxyl groups is 1. The molecule has 0 aliphatic carbocycles. The summed E-state index contributed by atoms with van der Waals surface area (Å²) < 4.78 is 0. The molecule has 0 bridgehead atoms. The molecule has 1 unspecified atom stereocenters. The normalized spacial score (nSPS) is 18.7. The van der Waals surface area contributed by atoms with E-state index in [1.165, 1.54) is 6.42 Å². The summed E-state index contributed by atoms with van der Waals surface area (Å²) in [5, 5.41) is 15.5. The number of amides is 2. The molecule has 3 heterocycles. The Labute approximate surface area is 188 Å². The average molecular weight is 438 g/mol. The van der Waals surface area contributed by atoms with Gasteiger partial charge in [0.15, 0.2) is 5.82 Å². The summed E-state index contributed by atoms with van der Waals surface area (Å²) in [5.41, 5.74) is 2.07. The molecule has 0 radical (unpaired) electrons. The molecule has 170 valence electrons. The Bertz CT molecular complexity index is 936. The highest BCUT2D eigenvalue weighted by atomic mass is 16.3. The second kappa shape index (κ2) is 10.6. The smallest absolute Gasteiger partial charge is 0.252 e. The van der Waals surface area contributed by atoms with Gasteiger partial charge in [0.05, 0.1) is 30.9 Å². The van der Waals surface area contributed by atoms with E-state index in [0.717, 1.165) is 37.9 Å². The molecule has 1 saturated heterocycles. The Kier molecular flexibility index (Phi) is 7.34. The molecular weight excluding hydrogens is 406 g/mol. The quantitative estimate of drug-likeness (QED) is 0.547. The van der Waals surface area contributed by atoms with Crippen LogP contribution in [0.4, 0.5) is 11.5 Å². The maximum atomic E-state index is 12.7. The van der Waals surface area contributed by atoms with Crippen molar-refractivity contribution in [1.29, 1.82) is 0 Å². The van der Waals surface area contributed by atoms with Crippen LogP contribution in [0.3, 0.4) is 0 Å². The number of carbonyl (C=O) groups is 2. The molecule has 1 atom stereocenters. The molecular formula is C24H31N5O3. The predicted molar refractivity (Wildman–Crippen MR) is 124 cm³/mol. The second-order valence-corrected chi connectivity index (χ2v) is 8.39. The first-order valence-corrected chi connectivity index (χ1v) is 11.4. The monoisotopic (exact) mass is 437 g/mol. The van der Waals surface area contributed by atoms with Gasteiger partial charge in [-0.15, -0.1) is 0 Å². The van der Waals surface area contributed by atoms with E-state index < -0.39 is 0 Å². The highest BCUT2D eigenvalue weighted by Gasteiger charge is 2.26. The van der Waals surface area contributed by atoms with E-state index in [0.29, 0.717) is 30.2 Å². The summed E-state index contributed by atoms with van der Waals surface area (Å²) in [6, 6.07) is 11.7. The molecule has 2 amide bonds. The fraction of sp³-hybridized carbons (Fsp3) is 0.458. The Morgan fingerprint density at radius 3 is 2.91 bits per heavy atom. The number of nitrogens with zero attached hydrogens (tertiary/aromatic N) is 3. The number of aromatic nitrogens is 1. The number of likely N-dealkylation sites (tertiary alicyclic amines) is 1. The standard InChI is InChI=1S/C24H31N5O3/c30-17-20-9-4-5-11-28(20)12-6-10-25-24(32)19-13-21-23(26-14-19)27-15-22(31)29(21)16-18-7-2-1-3-8-18/h1-3,7-8,13-14,20,30H,4-6,9-12,15-17H2,(H,25,32)(H,26,27). The molecule has 0 saturated carbocycles. The molecule has 4 rings (SSSR count). The first-order chi connectivity index (χ1) is 15.7. The summed E-state index contributed by atoms with van der Waals surface area (Å²) in [6.07, 6.45) is 5.74. The number of aliphatic hydroxyl groups excluding tert-OH is 1. The Balaban J connectivity index is 1.37. The summed E-state index contributed by atoms with van der Waals surface area (Å²) in [4.78, 5) is 33.7. The molecule has 3 N–H and O–H groups in total. The average Bonchev–Trinajstić information content (AvgIpc) is 2.84. The van der Waals surface area contributed by atoms with Crippen molar-refractivity contribution in [2.24, 2.45) is 0 Å². The zero-order chi connectivity index (χ0) is 22.3. The van der Waals surface area contributed by atoms with Crippen LogP contribution in [-0.4, -0.2) is 65.6 Å². The minimum atomic E-state index is -0.199. The number of benzene rings is 1. The van der Waals surface area contributed by atoms with Crippen LogP contribution in [0.1, 0.15) is 41.6 Å². The van der Waals surface area contributed by atoms with Gasteiger partial charge in [-0.3, -0.25) is 14.5 Å². The van der Waals surface area contributed by atoms with Crippen molar-refractivity contribution in [3.05, 3.63) is 53.7 Å². The van der Waals surface area contributed by atoms with Gasteiger partial charge in [0.2, 0.25) is 5.91 Å². The van der Waals surface area contributed by atoms with Crippen LogP contribution in [-0.2, 0) is 11.3 Å². The van der Waals surface area contributed by atoms with Gasteiger partial charge in [-0.25, -0.2) is 4.98 Å². The molecule has 8 nitrogen and oxygen atoms in total. The van der Waals surface area contributed by atoms with Crippen LogP contribution in [0, 0.1) is 0 Å². The Morgan fingerprint density at radius 1 is 1.25 bits per heavy atom. The predicted octanol–water partition coefficient (Wildman–Crippen LogP) is 2.01. The summed E-state index contributed by atoms with van der Waals surface area (Å²) in [5.74, 6) is 0.355. The van der Waals surface area contributed by atoms with Crippen LogP contribution in [0.2, 0.25) is 0 Å². The lowest BCUT2D eigenvalue weighted by molar-refractivity contribution is -0.117. The lowest BCUT2D eigenvalue weighted by atomic mass is 10.0. The van der Waals surface area contributed by atoms with E-state index in [-0.39, 0.29) is 31.0 Å². The fourth-order valence-electron chi connectivity index (χ4n) is 4.40. The number of carbonyl (C=O) groups excluding carboxylic acids is 2. The first kappa shape index (κ1) is 22.2. The van der Waals surface area contributed by atoms with Crippen molar-refractivity contribution < 1.29 is 14.7 Å². The van der Waals surface area contributed by atoms with Crippen molar-refractivity contribution in [3.63, 3.8) is 0 Å². The van der Waals surface area contributed by atoms with Gasteiger partial charge in [-0.1, -0.05) is 36.8 Å². The number of anilines is 2. The van der Waals surface area contributed by atoms with Gasteiger partial charge in [0.1, 0.15) is 0 Å². The van der Waals surface area contributed by atoms with Crippen molar-refractivity contribution in [3.8, 4) is 0 Å². The molecule has 1 fully saturated rings. The van der Waals surface area contributed by atoms with E-state index in [1.54, 1.807) is 17.2 Å². The third kappa shape index (κ3) is 5.26. The molecule has 8 heteroatoms. The summed E-state index contributed by atoms with van der Waals surface area (Å²) in [6.45, 7) is 3.23. The van der Waals surface area contributed by atoms with Crippen molar-refractivity contribution >= 4 is 23.3 Å². The number of hydrogen-bond acceptors (Lipinski definition) is 6. The molecule has 1 aromatic carbocycles. The Morgan fingerprint density at radius 2 is 2.09 bits per heavy atom. The van der Waals surface area contributed by atoms with Crippen LogP contribution in [0.25, 0.3) is 0 Å². The third-order valence-electron chi connectivity index (χ3n) is 6.18. The molecule has 2 aliphatic heterocycles. The van der Waals surface area contributed by atoms with E-state index >= 15 is 0 Å². The van der Waals surface area contributed by atoms with Gasteiger partial charge in [0, 0.05) is 25.3 Å². The Hall–Kier alpha value is -2.97. The molecule has 32 heavy (non-hydrogen) atoms. The number of fused-ring (bicyclic) bond motifs is 1. The largest absolute Gasteiger partial charge is 0.395 e. The second-order valence-electron chi connectivity index (χ2n) is 8.39. The molecule has 0 spiro atoms. The third-order valence-corrected chi connectivity index (χ3v) is 6.18. The van der Waals surface area contributed by atoms with E-state index in [2.05, 4.69) is 20.5 Å². The van der Waals surface area contributed by atoms with Crippen molar-refractivity contribution in [2.75, 3.05) is 43.0 Å².